The minimum Gasteiger partial charge on any atom is -0.488 e. The first-order valence-electron chi connectivity index (χ1n) is 5.41. The number of hydrogen-bond donors (Lipinski definition) is 1. The predicted molar refractivity (Wildman–Crippen MR) is 60.9 cm³/mol. The van der Waals surface area contributed by atoms with E-state index in [1.165, 1.54) is 0 Å². The van der Waals surface area contributed by atoms with Crippen molar-refractivity contribution in [2.24, 2.45) is 0 Å². The Morgan fingerprint density at radius 3 is 2.29 bits per heavy atom. The molecule has 0 unspecified atom stereocenters. The van der Waals surface area contributed by atoms with Gasteiger partial charge in [0.05, 0.1) is 13.2 Å². The molecule has 1 aromatic rings. The number of ether oxygens (including phenoxy) is 1. The number of hydrogen-bond acceptors (Lipinski definition) is 3. The first kappa shape index (κ1) is 13.9. The van der Waals surface area contributed by atoms with Crippen molar-refractivity contribution in [3.05, 3.63) is 29.3 Å². The molecule has 0 fully saturated rings. The maximum Gasteiger partial charge on any atom is 0.190 e. The Hall–Kier alpha value is -1.20. The predicted octanol–water partition coefficient (Wildman–Crippen LogP) is 1.79. The number of aliphatic hydroxyl groups is 1. The van der Waals surface area contributed by atoms with Gasteiger partial charge in [0.1, 0.15) is 0 Å². The van der Waals surface area contributed by atoms with Crippen LogP contribution in [0.25, 0.3) is 0 Å². The lowest BCUT2D eigenvalue weighted by atomic mass is 10.2. The normalized spacial score (nSPS) is 10.9. The monoisotopic (exact) mass is 245 g/mol. The van der Waals surface area contributed by atoms with E-state index in [4.69, 9.17) is 9.84 Å². The number of rotatable bonds is 6. The molecular weight excluding hydrogens is 228 g/mol. The van der Waals surface area contributed by atoms with Gasteiger partial charge >= 0.3 is 0 Å². The molecule has 1 N–H and O–H groups in total. The van der Waals surface area contributed by atoms with Crippen LogP contribution < -0.4 is 4.74 Å². The van der Waals surface area contributed by atoms with Gasteiger partial charge in [-0.05, 0) is 38.2 Å². The molecule has 0 aliphatic carbocycles. The molecule has 0 radical (unpaired) electrons. The molecule has 1 rings (SSSR count). The quantitative estimate of drug-likeness (QED) is 0.775. The first-order chi connectivity index (χ1) is 8.04. The minimum atomic E-state index is -0.779. The SMILES string of the molecule is CN(C)CCCOc1c(F)cc(CO)cc1F. The second-order valence-corrected chi connectivity index (χ2v) is 4.05. The summed E-state index contributed by atoms with van der Waals surface area (Å²) in [5.41, 5.74) is 0.195. The Morgan fingerprint density at radius 2 is 1.82 bits per heavy atom. The molecule has 0 aliphatic heterocycles. The van der Waals surface area contributed by atoms with E-state index in [2.05, 4.69) is 0 Å². The van der Waals surface area contributed by atoms with Gasteiger partial charge < -0.3 is 14.7 Å². The van der Waals surface area contributed by atoms with Crippen molar-refractivity contribution >= 4 is 0 Å². The summed E-state index contributed by atoms with van der Waals surface area (Å²) in [4.78, 5) is 1.96. The lowest BCUT2D eigenvalue weighted by Gasteiger charge is -2.11. The fraction of sp³-hybridized carbons (Fsp3) is 0.500. The van der Waals surface area contributed by atoms with Gasteiger partial charge in [0.2, 0.25) is 0 Å². The molecule has 0 spiro atoms. The van der Waals surface area contributed by atoms with Crippen molar-refractivity contribution in [1.29, 1.82) is 0 Å². The average molecular weight is 245 g/mol. The Balaban J connectivity index is 2.59. The highest BCUT2D eigenvalue weighted by molar-refractivity contribution is 5.31. The van der Waals surface area contributed by atoms with Gasteiger partial charge in [-0.1, -0.05) is 0 Å². The summed E-state index contributed by atoms with van der Waals surface area (Å²) in [5.74, 6) is -1.93. The molecule has 0 saturated heterocycles. The fourth-order valence-corrected chi connectivity index (χ4v) is 1.40. The average Bonchev–Trinajstić information content (AvgIpc) is 2.26. The summed E-state index contributed by atoms with van der Waals surface area (Å²) in [7, 11) is 3.83. The van der Waals surface area contributed by atoms with Crippen molar-refractivity contribution in [3.8, 4) is 5.75 Å². The zero-order chi connectivity index (χ0) is 12.8. The van der Waals surface area contributed by atoms with Gasteiger partial charge in [0.25, 0.3) is 0 Å². The van der Waals surface area contributed by atoms with E-state index in [-0.39, 0.29) is 17.9 Å². The molecule has 0 saturated carbocycles. The van der Waals surface area contributed by atoms with Gasteiger partial charge in [-0.3, -0.25) is 0 Å². The van der Waals surface area contributed by atoms with Gasteiger partial charge in [-0.15, -0.1) is 0 Å². The molecule has 17 heavy (non-hydrogen) atoms. The van der Waals surface area contributed by atoms with Crippen molar-refractivity contribution in [2.45, 2.75) is 13.0 Å². The summed E-state index contributed by atoms with van der Waals surface area (Å²) < 4.78 is 31.9. The molecule has 0 amide bonds. The van der Waals surface area contributed by atoms with Crippen LogP contribution in [0.3, 0.4) is 0 Å². The highest BCUT2D eigenvalue weighted by Crippen LogP contribution is 2.23. The third-order valence-corrected chi connectivity index (χ3v) is 2.24. The van der Waals surface area contributed by atoms with Crippen molar-refractivity contribution in [2.75, 3.05) is 27.2 Å². The lowest BCUT2D eigenvalue weighted by Crippen LogP contribution is -2.16. The Morgan fingerprint density at radius 1 is 1.24 bits per heavy atom. The standard InChI is InChI=1S/C12H17F2NO2/c1-15(2)4-3-5-17-12-10(13)6-9(8-16)7-11(12)14/h6-7,16H,3-5,8H2,1-2H3. The second kappa shape index (κ2) is 6.51. The van der Waals surface area contributed by atoms with Crippen LogP contribution in [0, 0.1) is 11.6 Å². The molecule has 5 heteroatoms. The van der Waals surface area contributed by atoms with Crippen LogP contribution in [-0.2, 0) is 6.61 Å². The minimum absolute atomic E-state index is 0.195. The summed E-state index contributed by atoms with van der Waals surface area (Å²) >= 11 is 0. The lowest BCUT2D eigenvalue weighted by molar-refractivity contribution is 0.256. The van der Waals surface area contributed by atoms with E-state index in [0.29, 0.717) is 6.42 Å². The van der Waals surface area contributed by atoms with Gasteiger partial charge in [0.15, 0.2) is 17.4 Å². The van der Waals surface area contributed by atoms with E-state index >= 15 is 0 Å². The highest BCUT2D eigenvalue weighted by atomic mass is 19.1. The van der Waals surface area contributed by atoms with Crippen LogP contribution in [0.1, 0.15) is 12.0 Å². The van der Waals surface area contributed by atoms with E-state index < -0.39 is 18.2 Å². The van der Waals surface area contributed by atoms with Gasteiger partial charge in [-0.25, -0.2) is 8.78 Å². The largest absolute Gasteiger partial charge is 0.488 e. The fourth-order valence-electron chi connectivity index (χ4n) is 1.40. The van der Waals surface area contributed by atoms with E-state index in [1.807, 2.05) is 19.0 Å². The number of nitrogens with zero attached hydrogens (tertiary/aromatic N) is 1. The van der Waals surface area contributed by atoms with Crippen LogP contribution in [0.4, 0.5) is 8.78 Å². The van der Waals surface area contributed by atoms with Crippen LogP contribution in [0.2, 0.25) is 0 Å². The summed E-state index contributed by atoms with van der Waals surface area (Å²) in [6.45, 7) is 0.650. The maximum atomic E-state index is 13.4. The molecule has 0 bridgehead atoms. The van der Waals surface area contributed by atoms with E-state index in [0.717, 1.165) is 18.7 Å². The van der Waals surface area contributed by atoms with Gasteiger partial charge in [-0.2, -0.15) is 0 Å². The molecule has 3 nitrogen and oxygen atoms in total. The molecule has 0 atom stereocenters. The number of aliphatic hydroxyl groups excluding tert-OH is 1. The molecule has 0 aromatic heterocycles. The van der Waals surface area contributed by atoms with Crippen LogP contribution in [0.5, 0.6) is 5.75 Å². The summed E-state index contributed by atoms with van der Waals surface area (Å²) in [6.07, 6.45) is 0.688. The van der Waals surface area contributed by atoms with E-state index in [1.54, 1.807) is 0 Å². The van der Waals surface area contributed by atoms with Gasteiger partial charge in [0, 0.05) is 6.54 Å². The zero-order valence-corrected chi connectivity index (χ0v) is 10.0. The maximum absolute atomic E-state index is 13.4. The summed E-state index contributed by atoms with van der Waals surface area (Å²) in [6, 6.07) is 2.15. The second-order valence-electron chi connectivity index (χ2n) is 4.05. The molecule has 0 heterocycles. The topological polar surface area (TPSA) is 32.7 Å². The Kier molecular flexibility index (Phi) is 5.31. The molecular formula is C12H17F2NO2. The molecule has 0 aliphatic rings. The number of benzene rings is 1. The molecule has 1 aromatic carbocycles. The Bertz CT molecular complexity index is 347. The third kappa shape index (κ3) is 4.28. The van der Waals surface area contributed by atoms with Crippen molar-refractivity contribution in [3.63, 3.8) is 0 Å². The van der Waals surface area contributed by atoms with Crippen molar-refractivity contribution in [1.82, 2.24) is 4.90 Å². The van der Waals surface area contributed by atoms with E-state index in [9.17, 15) is 8.78 Å². The van der Waals surface area contributed by atoms with Crippen LogP contribution in [0.15, 0.2) is 12.1 Å². The van der Waals surface area contributed by atoms with Crippen molar-refractivity contribution < 1.29 is 18.6 Å². The Labute approximate surface area is 99.6 Å². The van der Waals surface area contributed by atoms with Crippen LogP contribution in [-0.4, -0.2) is 37.3 Å². The van der Waals surface area contributed by atoms with Crippen LogP contribution >= 0.6 is 0 Å². The first-order valence-corrected chi connectivity index (χ1v) is 5.41. The smallest absolute Gasteiger partial charge is 0.190 e. The molecule has 96 valence electrons. The zero-order valence-electron chi connectivity index (χ0n) is 10.0. The summed E-state index contributed by atoms with van der Waals surface area (Å²) in [5, 5.41) is 8.77. The number of halogens is 2. The highest BCUT2D eigenvalue weighted by Gasteiger charge is 2.12. The third-order valence-electron chi connectivity index (χ3n) is 2.24.